The van der Waals surface area contributed by atoms with Crippen molar-refractivity contribution < 1.29 is 28.8 Å². The van der Waals surface area contributed by atoms with E-state index in [0.717, 1.165) is 11.1 Å². The van der Waals surface area contributed by atoms with Crippen molar-refractivity contribution in [2.75, 3.05) is 27.4 Å². The lowest BCUT2D eigenvalue weighted by Gasteiger charge is -2.32. The fourth-order valence-corrected chi connectivity index (χ4v) is 5.53. The second-order valence-corrected chi connectivity index (χ2v) is 11.0. The fraction of sp³-hybridized carbons (Fsp3) is 0.278. The number of hydrogen-bond donors (Lipinski definition) is 3. The molecule has 1 amide bonds. The number of hydrazine groups is 1. The van der Waals surface area contributed by atoms with E-state index >= 15 is 0 Å². The lowest BCUT2D eigenvalue weighted by Crippen LogP contribution is -2.53. The van der Waals surface area contributed by atoms with Crippen molar-refractivity contribution in [3.63, 3.8) is 0 Å². The molecule has 4 aromatic rings. The van der Waals surface area contributed by atoms with Crippen LogP contribution in [-0.4, -0.2) is 49.9 Å². The van der Waals surface area contributed by atoms with Gasteiger partial charge in [-0.1, -0.05) is 65.8 Å². The van der Waals surface area contributed by atoms with E-state index in [2.05, 4.69) is 20.9 Å². The molecule has 248 valence electrons. The topological polar surface area (TPSA) is 159 Å². The summed E-state index contributed by atoms with van der Waals surface area (Å²) in [4.78, 5) is 22.6. The minimum Gasteiger partial charge on any atom is -0.497 e. The number of benzene rings is 4. The monoisotopic (exact) mass is 650 g/mol. The summed E-state index contributed by atoms with van der Waals surface area (Å²) < 4.78 is 23.2. The first-order valence-electron chi connectivity index (χ1n) is 15.5. The van der Waals surface area contributed by atoms with Crippen LogP contribution in [0.2, 0.25) is 0 Å². The summed E-state index contributed by atoms with van der Waals surface area (Å²) in [5, 5.41) is 12.9. The molecule has 12 nitrogen and oxygen atoms in total. The smallest absolute Gasteiger partial charge is 0.266 e. The fourth-order valence-electron chi connectivity index (χ4n) is 5.53. The Morgan fingerprint density at radius 1 is 0.979 bits per heavy atom. The van der Waals surface area contributed by atoms with Crippen LogP contribution >= 0.6 is 0 Å². The minimum absolute atomic E-state index is 0.0410. The number of aliphatic hydroxyl groups is 1. The molecule has 0 aromatic heterocycles. The molecule has 0 saturated carbocycles. The molecule has 1 heterocycles. The van der Waals surface area contributed by atoms with Crippen LogP contribution in [0.1, 0.15) is 40.3 Å². The molecule has 4 aromatic carbocycles. The van der Waals surface area contributed by atoms with Crippen LogP contribution in [0.4, 0.5) is 0 Å². The number of aliphatic imine (C=N–C) groups is 1. The first kappa shape index (κ1) is 33.8. The summed E-state index contributed by atoms with van der Waals surface area (Å²) in [5.41, 5.74) is 17.3. The maximum atomic E-state index is 14.6. The molecule has 0 fully saturated rings. The highest BCUT2D eigenvalue weighted by Crippen LogP contribution is 2.43. The summed E-state index contributed by atoms with van der Waals surface area (Å²) in [7, 11) is 3.16. The number of ether oxygens (including phenoxy) is 4. The number of aliphatic hydroxyl groups excluding tert-OH is 1. The van der Waals surface area contributed by atoms with Crippen LogP contribution < -0.4 is 25.1 Å². The minimum atomic E-state index is -1.48. The van der Waals surface area contributed by atoms with Crippen molar-refractivity contribution in [2.24, 2.45) is 10.1 Å². The highest BCUT2D eigenvalue weighted by atomic mass is 16.5. The van der Waals surface area contributed by atoms with Crippen molar-refractivity contribution in [3.8, 4) is 17.2 Å². The van der Waals surface area contributed by atoms with Crippen molar-refractivity contribution in [2.45, 2.75) is 37.6 Å². The third-order valence-corrected chi connectivity index (χ3v) is 7.96. The summed E-state index contributed by atoms with van der Waals surface area (Å²) in [5.74, 6) is 1.75. The van der Waals surface area contributed by atoms with Gasteiger partial charge in [-0.25, -0.2) is 10.4 Å². The second kappa shape index (κ2) is 16.3. The zero-order chi connectivity index (χ0) is 33.8. The van der Waals surface area contributed by atoms with E-state index in [1.807, 2.05) is 78.9 Å². The maximum absolute atomic E-state index is 14.6. The number of carbonyl (C=O) groups is 1. The Kier molecular flexibility index (Phi) is 11.5. The Morgan fingerprint density at radius 2 is 1.73 bits per heavy atom. The molecule has 0 spiro atoms. The highest BCUT2D eigenvalue weighted by molar-refractivity contribution is 6.01. The van der Waals surface area contributed by atoms with Crippen LogP contribution in [0.3, 0.4) is 0 Å². The largest absolute Gasteiger partial charge is 0.497 e. The Hall–Kier alpha value is -5.55. The summed E-state index contributed by atoms with van der Waals surface area (Å²) in [6.07, 6.45) is -0.152. The summed E-state index contributed by atoms with van der Waals surface area (Å²) >= 11 is 0. The van der Waals surface area contributed by atoms with Gasteiger partial charge in [-0.05, 0) is 52.6 Å². The zero-order valence-electron chi connectivity index (χ0n) is 26.8. The molecule has 2 atom stereocenters. The lowest BCUT2D eigenvalue weighted by molar-refractivity contribution is -0.130. The van der Waals surface area contributed by atoms with Crippen molar-refractivity contribution in [1.82, 2.24) is 10.9 Å². The molecule has 12 heteroatoms. The first-order chi connectivity index (χ1) is 23.5. The van der Waals surface area contributed by atoms with E-state index < -0.39 is 17.6 Å². The van der Waals surface area contributed by atoms with Gasteiger partial charge < -0.3 is 24.1 Å². The number of carbonyl (C=O) groups excluding carboxylic acids is 1. The number of amides is 1. The number of nitrogens with one attached hydrogen (secondary N) is 2. The molecule has 0 saturated heterocycles. The predicted octanol–water partition coefficient (Wildman–Crippen LogP) is 5.60. The average Bonchev–Trinajstić information content (AvgIpc) is 3.51. The lowest BCUT2D eigenvalue weighted by atomic mass is 9.81. The Morgan fingerprint density at radius 3 is 2.46 bits per heavy atom. The van der Waals surface area contributed by atoms with Gasteiger partial charge in [0, 0.05) is 48.1 Å². The van der Waals surface area contributed by atoms with Crippen molar-refractivity contribution >= 4 is 11.8 Å². The number of azide groups is 1. The van der Waals surface area contributed by atoms with Gasteiger partial charge in [-0.3, -0.25) is 10.2 Å². The van der Waals surface area contributed by atoms with Crippen molar-refractivity contribution in [3.05, 3.63) is 135 Å². The molecular formula is C36H38N6O6. The van der Waals surface area contributed by atoms with E-state index in [9.17, 15) is 4.79 Å². The molecule has 0 bridgehead atoms. The molecule has 1 aliphatic heterocycles. The third kappa shape index (κ3) is 7.87. The third-order valence-electron chi connectivity index (χ3n) is 7.96. The SMILES string of the molecule is COc1ccc(CNNC(=O)[C@@]2(Cc3ccccc3)N=C(c3ccc(OCCCO)cc3)O[C@H]2c2ccccc2CN=[N+]=[N-])c(OC)c1. The second-order valence-electron chi connectivity index (χ2n) is 11.0. The van der Waals surface area contributed by atoms with E-state index in [-0.39, 0.29) is 32.0 Å². The number of rotatable bonds is 16. The van der Waals surface area contributed by atoms with Gasteiger partial charge in [0.1, 0.15) is 17.2 Å². The average molecular weight is 651 g/mol. The number of nitrogens with zero attached hydrogens (tertiary/aromatic N) is 4. The van der Waals surface area contributed by atoms with Gasteiger partial charge in [0.25, 0.3) is 5.91 Å². The quantitative estimate of drug-likeness (QED) is 0.0468. The normalized spacial score (nSPS) is 16.6. The van der Waals surface area contributed by atoms with E-state index in [0.29, 0.717) is 47.0 Å². The van der Waals surface area contributed by atoms with Gasteiger partial charge >= 0.3 is 0 Å². The van der Waals surface area contributed by atoms with Gasteiger partial charge in [-0.15, -0.1) is 0 Å². The van der Waals surface area contributed by atoms with Crippen LogP contribution in [0.25, 0.3) is 10.4 Å². The molecule has 0 aliphatic carbocycles. The molecule has 1 aliphatic rings. The summed E-state index contributed by atoms with van der Waals surface area (Å²) in [6, 6.07) is 29.7. The molecule has 3 N–H and O–H groups in total. The predicted molar refractivity (Wildman–Crippen MR) is 181 cm³/mol. The van der Waals surface area contributed by atoms with Gasteiger partial charge in [-0.2, -0.15) is 0 Å². The van der Waals surface area contributed by atoms with Crippen LogP contribution in [0.5, 0.6) is 17.2 Å². The van der Waals surface area contributed by atoms with Gasteiger partial charge in [0.2, 0.25) is 5.90 Å². The van der Waals surface area contributed by atoms with Crippen molar-refractivity contribution in [1.29, 1.82) is 0 Å². The van der Waals surface area contributed by atoms with Gasteiger partial charge in [0.05, 0.1) is 27.4 Å². The van der Waals surface area contributed by atoms with E-state index in [1.165, 1.54) is 0 Å². The zero-order valence-corrected chi connectivity index (χ0v) is 26.8. The standard InChI is InChI=1S/C36H38N6O6/c1-45-30-18-15-28(32(21-30)46-2)24-38-41-35(44)36(22-25-9-4-3-5-10-25)33(31-12-7-6-11-27(31)23-39-42-37)48-34(40-36)26-13-16-29(17-14-26)47-20-8-19-43/h3-7,9-18,21,33,38,43H,8,19-20,22-24H2,1-2H3,(H,41,44)/t33-,36-/m0/s1. The Bertz CT molecular complexity index is 1760. The summed E-state index contributed by atoms with van der Waals surface area (Å²) in [6.45, 7) is 0.750. The van der Waals surface area contributed by atoms with Gasteiger partial charge in [0.15, 0.2) is 11.6 Å². The highest BCUT2D eigenvalue weighted by Gasteiger charge is 2.54. The number of hydrogen-bond acceptors (Lipinski definition) is 9. The van der Waals surface area contributed by atoms with Crippen LogP contribution in [0.15, 0.2) is 107 Å². The Balaban J connectivity index is 1.54. The molecule has 5 rings (SSSR count). The van der Waals surface area contributed by atoms with E-state index in [4.69, 9.17) is 34.6 Å². The number of methoxy groups -OCH3 is 2. The van der Waals surface area contributed by atoms with Crippen LogP contribution in [0, 0.1) is 0 Å². The molecular weight excluding hydrogens is 612 g/mol. The molecule has 0 unspecified atom stereocenters. The van der Waals surface area contributed by atoms with Crippen LogP contribution in [-0.2, 0) is 29.0 Å². The molecule has 0 radical (unpaired) electrons. The Labute approximate surface area is 278 Å². The molecule has 48 heavy (non-hydrogen) atoms. The van der Waals surface area contributed by atoms with E-state index in [1.54, 1.807) is 32.4 Å². The first-order valence-corrected chi connectivity index (χ1v) is 15.5. The maximum Gasteiger partial charge on any atom is 0.266 e.